The summed E-state index contributed by atoms with van der Waals surface area (Å²) in [6.07, 6.45) is 4.48. The number of hydrogen-bond acceptors (Lipinski definition) is 6. The molecule has 38 heavy (non-hydrogen) atoms. The number of benzene rings is 1. The van der Waals surface area contributed by atoms with E-state index in [0.29, 0.717) is 11.8 Å². The van der Waals surface area contributed by atoms with E-state index in [-0.39, 0.29) is 34.7 Å². The van der Waals surface area contributed by atoms with E-state index in [2.05, 4.69) is 50.1 Å². The Hall–Kier alpha value is -2.65. The SMILES string of the molecule is COC(=O)N[C@H](C(=O)C1[C@@H]2CC[C@@H](C2)[C@H]1c1ncc(-c2ccc(B3OC(C)(C)C(C)(C)O3)cc2)[nH]1)C(C)C. The first-order valence-electron chi connectivity index (χ1n) is 13.8. The number of imidazole rings is 1. The van der Waals surface area contributed by atoms with Crippen LogP contribution in [0.1, 0.15) is 72.5 Å². The molecule has 3 aliphatic rings. The second kappa shape index (κ2) is 9.83. The predicted octanol–water partition coefficient (Wildman–Crippen LogP) is 4.46. The first-order valence-corrected chi connectivity index (χ1v) is 13.8. The summed E-state index contributed by atoms with van der Waals surface area (Å²) < 4.78 is 17.2. The molecule has 8 nitrogen and oxygen atoms in total. The monoisotopic (exact) mass is 521 g/mol. The number of nitrogens with one attached hydrogen (secondary N) is 2. The van der Waals surface area contributed by atoms with E-state index >= 15 is 0 Å². The van der Waals surface area contributed by atoms with Crippen LogP contribution in [0.15, 0.2) is 30.5 Å². The van der Waals surface area contributed by atoms with Gasteiger partial charge in [0.15, 0.2) is 5.78 Å². The summed E-state index contributed by atoms with van der Waals surface area (Å²) >= 11 is 0. The first kappa shape index (κ1) is 26.9. The molecule has 9 heteroatoms. The fourth-order valence-electron chi connectivity index (χ4n) is 6.51. The number of aromatic nitrogens is 2. The van der Waals surface area contributed by atoms with Gasteiger partial charge in [-0.2, -0.15) is 0 Å². The lowest BCUT2D eigenvalue weighted by Gasteiger charge is -2.32. The van der Waals surface area contributed by atoms with E-state index in [1.807, 2.05) is 32.2 Å². The average molecular weight is 521 g/mol. The van der Waals surface area contributed by atoms with Gasteiger partial charge in [-0.1, -0.05) is 38.1 Å². The van der Waals surface area contributed by atoms with E-state index in [1.165, 1.54) is 7.11 Å². The zero-order valence-corrected chi connectivity index (χ0v) is 23.5. The lowest BCUT2D eigenvalue weighted by molar-refractivity contribution is -0.128. The van der Waals surface area contributed by atoms with Crippen LogP contribution >= 0.6 is 0 Å². The lowest BCUT2D eigenvalue weighted by Crippen LogP contribution is -2.49. The molecule has 2 N–H and O–H groups in total. The van der Waals surface area contributed by atoms with Gasteiger partial charge >= 0.3 is 13.2 Å². The van der Waals surface area contributed by atoms with Crippen LogP contribution in [-0.2, 0) is 18.8 Å². The summed E-state index contributed by atoms with van der Waals surface area (Å²) in [7, 11) is 0.920. The molecule has 2 bridgehead atoms. The van der Waals surface area contributed by atoms with Crippen molar-refractivity contribution in [2.75, 3.05) is 7.11 Å². The van der Waals surface area contributed by atoms with E-state index in [4.69, 9.17) is 19.0 Å². The summed E-state index contributed by atoms with van der Waals surface area (Å²) in [4.78, 5) is 34.1. The van der Waals surface area contributed by atoms with Gasteiger partial charge in [-0.3, -0.25) is 4.79 Å². The molecule has 2 saturated carbocycles. The number of carbonyl (C=O) groups excluding carboxylic acids is 2. The van der Waals surface area contributed by atoms with Crippen LogP contribution in [0.5, 0.6) is 0 Å². The molecule has 1 aromatic carbocycles. The third-order valence-electron chi connectivity index (χ3n) is 9.34. The number of carbonyl (C=O) groups is 2. The Balaban J connectivity index is 1.35. The van der Waals surface area contributed by atoms with E-state index in [9.17, 15) is 9.59 Å². The molecule has 2 aliphatic carbocycles. The molecule has 2 heterocycles. The molecule has 204 valence electrons. The van der Waals surface area contributed by atoms with Gasteiger partial charge in [0.25, 0.3) is 0 Å². The van der Waals surface area contributed by atoms with Gasteiger partial charge in [0, 0.05) is 11.8 Å². The molecule has 0 radical (unpaired) electrons. The minimum atomic E-state index is -0.578. The van der Waals surface area contributed by atoms with Crippen molar-refractivity contribution in [1.29, 1.82) is 0 Å². The van der Waals surface area contributed by atoms with Crippen molar-refractivity contribution in [1.82, 2.24) is 15.3 Å². The van der Waals surface area contributed by atoms with E-state index in [0.717, 1.165) is 41.8 Å². The zero-order chi connectivity index (χ0) is 27.4. The van der Waals surface area contributed by atoms with Crippen molar-refractivity contribution in [2.45, 2.75) is 84.0 Å². The van der Waals surface area contributed by atoms with Gasteiger partial charge in [0.1, 0.15) is 5.82 Å². The Bertz CT molecular complexity index is 1180. The number of H-pyrrole nitrogens is 1. The predicted molar refractivity (Wildman–Crippen MR) is 146 cm³/mol. The van der Waals surface area contributed by atoms with Gasteiger partial charge < -0.3 is 24.3 Å². The quantitative estimate of drug-likeness (QED) is 0.522. The minimum absolute atomic E-state index is 0.0275. The number of alkyl carbamates (subject to hydrolysis) is 1. The molecule has 1 aliphatic heterocycles. The van der Waals surface area contributed by atoms with Crippen LogP contribution in [0.25, 0.3) is 11.3 Å². The van der Waals surface area contributed by atoms with Crippen molar-refractivity contribution < 1.29 is 23.6 Å². The Morgan fingerprint density at radius 2 is 1.71 bits per heavy atom. The minimum Gasteiger partial charge on any atom is -0.453 e. The number of methoxy groups -OCH3 is 1. The van der Waals surface area contributed by atoms with Crippen LogP contribution in [-0.4, -0.2) is 53.3 Å². The van der Waals surface area contributed by atoms with Crippen LogP contribution in [0.2, 0.25) is 0 Å². The number of nitrogens with zero attached hydrogens (tertiary/aromatic N) is 1. The maximum Gasteiger partial charge on any atom is 0.494 e. The molecule has 0 spiro atoms. The highest BCUT2D eigenvalue weighted by Crippen LogP contribution is 2.57. The van der Waals surface area contributed by atoms with E-state index in [1.54, 1.807) is 0 Å². The highest BCUT2D eigenvalue weighted by Gasteiger charge is 2.54. The fraction of sp³-hybridized carbons (Fsp3) is 0.621. The van der Waals surface area contributed by atoms with Gasteiger partial charge in [-0.25, -0.2) is 9.78 Å². The smallest absolute Gasteiger partial charge is 0.453 e. The largest absolute Gasteiger partial charge is 0.494 e. The van der Waals surface area contributed by atoms with Gasteiger partial charge in [-0.05, 0) is 75.7 Å². The summed E-state index contributed by atoms with van der Waals surface area (Å²) in [5.41, 5.74) is 2.14. The summed E-state index contributed by atoms with van der Waals surface area (Å²) in [5, 5.41) is 2.78. The molecular weight excluding hydrogens is 481 g/mol. The molecule has 2 aromatic rings. The Labute approximate surface area is 225 Å². The Morgan fingerprint density at radius 1 is 1.08 bits per heavy atom. The number of ketones is 1. The van der Waals surface area contributed by atoms with Crippen molar-refractivity contribution in [3.63, 3.8) is 0 Å². The molecule has 1 saturated heterocycles. The number of hydrogen-bond donors (Lipinski definition) is 2. The van der Waals surface area contributed by atoms with Gasteiger partial charge in [0.2, 0.25) is 0 Å². The normalized spacial score (nSPS) is 28.1. The topological polar surface area (TPSA) is 103 Å². The van der Waals surface area contributed by atoms with Crippen LogP contribution < -0.4 is 10.8 Å². The number of ether oxygens (including phenoxy) is 1. The molecule has 5 rings (SSSR count). The number of fused-ring (bicyclic) bond motifs is 2. The van der Waals surface area contributed by atoms with Crippen LogP contribution in [0.3, 0.4) is 0 Å². The summed E-state index contributed by atoms with van der Waals surface area (Å²) in [6, 6.07) is 7.60. The van der Waals surface area contributed by atoms with Crippen molar-refractivity contribution in [3.05, 3.63) is 36.3 Å². The van der Waals surface area contributed by atoms with E-state index < -0.39 is 19.3 Å². The average Bonchev–Trinajstić information content (AvgIpc) is 3.65. The van der Waals surface area contributed by atoms with Gasteiger partial charge in [0.05, 0.1) is 36.2 Å². The van der Waals surface area contributed by atoms with Crippen molar-refractivity contribution in [2.24, 2.45) is 23.7 Å². The third kappa shape index (κ3) is 4.68. The fourth-order valence-corrected chi connectivity index (χ4v) is 6.51. The van der Waals surface area contributed by atoms with Crippen molar-refractivity contribution >= 4 is 24.5 Å². The van der Waals surface area contributed by atoms with Crippen molar-refractivity contribution in [3.8, 4) is 11.3 Å². The highest BCUT2D eigenvalue weighted by atomic mass is 16.7. The van der Waals surface area contributed by atoms with Crippen LogP contribution in [0.4, 0.5) is 4.79 Å². The lowest BCUT2D eigenvalue weighted by atomic mass is 9.73. The summed E-state index contributed by atoms with van der Waals surface area (Å²) in [5.74, 6) is 1.53. The number of aromatic amines is 1. The Kier molecular flexibility index (Phi) is 6.97. The molecule has 1 unspecified atom stereocenters. The second-order valence-electron chi connectivity index (χ2n) is 12.5. The standard InChI is InChI=1S/C29H40BN3O5/c1-16(2)24(33-27(35)36-7)25(34)22-18-8-9-19(14-18)23(22)26-31-15-21(32-26)17-10-12-20(13-11-17)30-37-28(3,4)29(5,6)38-30/h10-13,15-16,18-19,22-24H,8-9,14H2,1-7H3,(H,31,32)(H,33,35)/t18-,19+,22?,23-,24+/m1/s1. The molecule has 1 aromatic heterocycles. The molecular formula is C29H40BN3O5. The molecule has 5 atom stereocenters. The summed E-state index contributed by atoms with van der Waals surface area (Å²) in [6.45, 7) is 12.1. The maximum atomic E-state index is 13.8. The molecule has 3 fully saturated rings. The highest BCUT2D eigenvalue weighted by molar-refractivity contribution is 6.62. The van der Waals surface area contributed by atoms with Crippen LogP contribution in [0, 0.1) is 23.7 Å². The number of rotatable bonds is 7. The zero-order valence-electron chi connectivity index (χ0n) is 23.5. The maximum absolute atomic E-state index is 13.8. The van der Waals surface area contributed by atoms with Gasteiger partial charge in [-0.15, -0.1) is 0 Å². The Morgan fingerprint density at radius 3 is 2.32 bits per heavy atom. The first-order chi connectivity index (χ1) is 17.9. The molecule has 1 amide bonds. The number of Topliss-reactive ketones (excluding diaryl/α,β-unsaturated/α-hetero) is 1. The number of amides is 1. The third-order valence-corrected chi connectivity index (χ3v) is 9.34. The second-order valence-corrected chi connectivity index (χ2v) is 12.5.